The molecule has 0 fully saturated rings. The fourth-order valence-corrected chi connectivity index (χ4v) is 4.57. The van der Waals surface area contributed by atoms with Gasteiger partial charge < -0.3 is 4.74 Å². The molecule has 0 aliphatic rings. The molecule has 0 radical (unpaired) electrons. The Morgan fingerprint density at radius 1 is 1.12 bits per heavy atom. The topological polar surface area (TPSA) is 39.4 Å². The number of hydrogen-bond donors (Lipinski definition) is 0. The van der Waals surface area contributed by atoms with Crippen molar-refractivity contribution < 1.29 is 4.74 Å². The molecular weight excluding hydrogens is 385 g/mol. The number of rotatable bonds is 5. The van der Waals surface area contributed by atoms with Crippen molar-refractivity contribution in [1.82, 2.24) is 14.6 Å². The Labute approximate surface area is 156 Å². The molecule has 0 aliphatic carbocycles. The molecule has 0 unspecified atom stereocenters. The molecule has 4 aromatic rings. The maximum Gasteiger partial charge on any atom is 0.217 e. The first-order valence-electron chi connectivity index (χ1n) is 7.16. The number of thioether (sulfide) groups is 1. The van der Waals surface area contributed by atoms with Crippen molar-refractivity contribution in [2.24, 2.45) is 0 Å². The molecule has 0 aliphatic heterocycles. The Bertz CT molecular complexity index is 1020. The van der Waals surface area contributed by atoms with Crippen LogP contribution in [0.1, 0.15) is 0 Å². The first kappa shape index (κ1) is 16.0. The minimum atomic E-state index is 0.515. The number of ether oxygens (including phenoxy) is 1. The molecule has 0 amide bonds. The summed E-state index contributed by atoms with van der Waals surface area (Å²) >= 11 is 15.2. The molecule has 122 valence electrons. The molecule has 2 aromatic carbocycles. The van der Waals surface area contributed by atoms with Gasteiger partial charge in [-0.3, -0.25) is 4.40 Å². The minimum absolute atomic E-state index is 0.515. The van der Waals surface area contributed by atoms with Gasteiger partial charge in [0.25, 0.3) is 0 Å². The lowest BCUT2D eigenvalue weighted by Gasteiger charge is -2.07. The van der Waals surface area contributed by atoms with E-state index < -0.39 is 0 Å². The van der Waals surface area contributed by atoms with E-state index >= 15 is 0 Å². The zero-order valence-electron chi connectivity index (χ0n) is 12.3. The predicted molar refractivity (Wildman–Crippen MR) is 101 cm³/mol. The molecule has 2 aromatic heterocycles. The monoisotopic (exact) mass is 395 g/mol. The van der Waals surface area contributed by atoms with Gasteiger partial charge in [0, 0.05) is 10.8 Å². The number of thiazole rings is 1. The number of para-hydroxylation sites is 1. The Morgan fingerprint density at radius 3 is 2.88 bits per heavy atom. The first-order valence-corrected chi connectivity index (χ1v) is 9.71. The van der Waals surface area contributed by atoms with E-state index in [0.717, 1.165) is 21.4 Å². The highest BCUT2D eigenvalue weighted by molar-refractivity contribution is 7.99. The lowest BCUT2D eigenvalue weighted by molar-refractivity contribution is 0.344. The molecule has 0 atom stereocenters. The quantitative estimate of drug-likeness (QED) is 0.334. The molecule has 0 bridgehead atoms. The zero-order chi connectivity index (χ0) is 16.5. The summed E-state index contributed by atoms with van der Waals surface area (Å²) in [5, 5.41) is 10.5. The van der Waals surface area contributed by atoms with E-state index in [0.29, 0.717) is 22.4 Å². The lowest BCUT2D eigenvalue weighted by atomic mass is 10.3. The van der Waals surface area contributed by atoms with Crippen molar-refractivity contribution in [2.45, 2.75) is 5.16 Å². The van der Waals surface area contributed by atoms with Crippen molar-refractivity contribution in [3.8, 4) is 5.75 Å². The number of nitrogens with zero attached hydrogens (tertiary/aromatic N) is 3. The van der Waals surface area contributed by atoms with Crippen LogP contribution in [0.5, 0.6) is 5.75 Å². The van der Waals surface area contributed by atoms with E-state index in [1.807, 2.05) is 12.1 Å². The first-order chi connectivity index (χ1) is 11.7. The second kappa shape index (κ2) is 6.80. The summed E-state index contributed by atoms with van der Waals surface area (Å²) in [4.78, 5) is 0.903. The fourth-order valence-electron chi connectivity index (χ4n) is 2.33. The molecule has 4 rings (SSSR count). The maximum atomic E-state index is 6.10. The highest BCUT2D eigenvalue weighted by atomic mass is 35.5. The Hall–Kier alpha value is -1.47. The van der Waals surface area contributed by atoms with Gasteiger partial charge in [0.1, 0.15) is 5.75 Å². The van der Waals surface area contributed by atoms with Gasteiger partial charge >= 0.3 is 0 Å². The van der Waals surface area contributed by atoms with Gasteiger partial charge in [0.15, 0.2) is 5.16 Å². The third kappa shape index (κ3) is 3.07. The predicted octanol–water partition coefficient (Wildman–Crippen LogP) is 5.42. The Kier molecular flexibility index (Phi) is 4.54. The highest BCUT2D eigenvalue weighted by Gasteiger charge is 2.12. The van der Waals surface area contributed by atoms with Crippen molar-refractivity contribution in [3.05, 3.63) is 52.5 Å². The molecule has 8 heteroatoms. The van der Waals surface area contributed by atoms with Crippen LogP contribution in [0.4, 0.5) is 0 Å². The summed E-state index contributed by atoms with van der Waals surface area (Å²) in [6.07, 6.45) is 0. The number of hydrogen-bond acceptors (Lipinski definition) is 5. The van der Waals surface area contributed by atoms with Crippen LogP contribution >= 0.6 is 46.3 Å². The second-order valence-electron chi connectivity index (χ2n) is 4.94. The summed E-state index contributed by atoms with van der Waals surface area (Å²) in [6, 6.07) is 13.4. The largest absolute Gasteiger partial charge is 0.491 e. The number of aromatic nitrogens is 3. The van der Waals surface area contributed by atoms with Gasteiger partial charge in [-0.25, -0.2) is 0 Å². The van der Waals surface area contributed by atoms with Crippen LogP contribution in [0.15, 0.2) is 47.6 Å². The van der Waals surface area contributed by atoms with E-state index in [1.165, 1.54) is 4.70 Å². The number of fused-ring (bicyclic) bond motifs is 3. The summed E-state index contributed by atoms with van der Waals surface area (Å²) in [6.45, 7) is 0.517. The van der Waals surface area contributed by atoms with E-state index in [-0.39, 0.29) is 0 Å². The number of benzene rings is 2. The smallest absolute Gasteiger partial charge is 0.217 e. The third-order valence-corrected chi connectivity index (χ3v) is 5.81. The van der Waals surface area contributed by atoms with E-state index in [9.17, 15) is 0 Å². The molecule has 4 nitrogen and oxygen atoms in total. The van der Waals surface area contributed by atoms with Crippen molar-refractivity contribution in [3.63, 3.8) is 0 Å². The average Bonchev–Trinajstić information content (AvgIpc) is 3.12. The SMILES string of the molecule is Clc1ccc(OCCSc2nnc3sc4ccccc4n23)c(Cl)c1. The standard InChI is InChI=1S/C16H11Cl2N3OS2/c17-10-5-6-13(11(18)9-10)22-7-8-23-15-19-20-16-21(15)12-3-1-2-4-14(12)24-16/h1-6,9H,7-8H2. The minimum Gasteiger partial charge on any atom is -0.491 e. The van der Waals surface area contributed by atoms with Gasteiger partial charge in [0.05, 0.1) is 21.8 Å². The molecule has 0 spiro atoms. The molecule has 24 heavy (non-hydrogen) atoms. The van der Waals surface area contributed by atoms with Gasteiger partial charge in [-0.2, -0.15) is 0 Å². The summed E-state index contributed by atoms with van der Waals surface area (Å²) < 4.78 is 8.99. The van der Waals surface area contributed by atoms with Crippen molar-refractivity contribution in [2.75, 3.05) is 12.4 Å². The highest BCUT2D eigenvalue weighted by Crippen LogP contribution is 2.30. The fraction of sp³-hybridized carbons (Fsp3) is 0.125. The lowest BCUT2D eigenvalue weighted by Crippen LogP contribution is -2.01. The summed E-state index contributed by atoms with van der Waals surface area (Å²) in [5.74, 6) is 1.37. The van der Waals surface area contributed by atoms with Crippen LogP contribution in [0.2, 0.25) is 10.0 Å². The average molecular weight is 396 g/mol. The zero-order valence-corrected chi connectivity index (χ0v) is 15.4. The number of halogens is 2. The van der Waals surface area contributed by atoms with Crippen molar-refractivity contribution >= 4 is 61.5 Å². The molecule has 0 saturated heterocycles. The van der Waals surface area contributed by atoms with Gasteiger partial charge in [-0.05, 0) is 30.3 Å². The summed E-state index contributed by atoms with van der Waals surface area (Å²) in [7, 11) is 0. The van der Waals surface area contributed by atoms with Crippen LogP contribution in [0, 0.1) is 0 Å². The molecule has 2 heterocycles. The molecule has 0 saturated carbocycles. The van der Waals surface area contributed by atoms with Gasteiger partial charge in [-0.15, -0.1) is 10.2 Å². The third-order valence-electron chi connectivity index (χ3n) is 3.38. The van der Waals surface area contributed by atoms with Crippen LogP contribution in [-0.2, 0) is 0 Å². The van der Waals surface area contributed by atoms with Crippen molar-refractivity contribution in [1.29, 1.82) is 0 Å². The van der Waals surface area contributed by atoms with Crippen LogP contribution in [-0.4, -0.2) is 27.0 Å². The summed E-state index contributed by atoms with van der Waals surface area (Å²) in [5.41, 5.74) is 1.13. The van der Waals surface area contributed by atoms with E-state index in [4.69, 9.17) is 27.9 Å². The van der Waals surface area contributed by atoms with Crippen LogP contribution < -0.4 is 4.74 Å². The molecule has 0 N–H and O–H groups in total. The van der Waals surface area contributed by atoms with Crippen LogP contribution in [0.3, 0.4) is 0 Å². The van der Waals surface area contributed by atoms with E-state index in [1.54, 1.807) is 41.3 Å². The van der Waals surface area contributed by atoms with Gasteiger partial charge in [0.2, 0.25) is 4.96 Å². The maximum absolute atomic E-state index is 6.10. The second-order valence-corrected chi connectivity index (χ2v) is 7.86. The van der Waals surface area contributed by atoms with E-state index in [2.05, 4.69) is 26.7 Å². The van der Waals surface area contributed by atoms with Crippen LogP contribution in [0.25, 0.3) is 15.2 Å². The normalized spacial score (nSPS) is 11.4. The molecular formula is C16H11Cl2N3OS2. The Balaban J connectivity index is 1.45. The Morgan fingerprint density at radius 2 is 2.00 bits per heavy atom. The van der Waals surface area contributed by atoms with Gasteiger partial charge in [-0.1, -0.05) is 58.4 Å².